The van der Waals surface area contributed by atoms with Crippen LogP contribution in [0.4, 0.5) is 5.82 Å². The molecule has 1 N–H and O–H groups in total. The lowest BCUT2D eigenvalue weighted by atomic mass is 9.91. The molecule has 36 heavy (non-hydrogen) atoms. The van der Waals surface area contributed by atoms with Crippen molar-refractivity contribution in [3.63, 3.8) is 0 Å². The number of nitrogens with zero attached hydrogens (tertiary/aromatic N) is 5. The van der Waals surface area contributed by atoms with Gasteiger partial charge >= 0.3 is 0 Å². The van der Waals surface area contributed by atoms with Gasteiger partial charge in [-0.25, -0.2) is 4.98 Å². The number of amides is 2. The average molecular weight is 489 g/mol. The van der Waals surface area contributed by atoms with Crippen LogP contribution in [0.25, 0.3) is 11.5 Å². The molecule has 2 amide bonds. The van der Waals surface area contributed by atoms with Gasteiger partial charge < -0.3 is 19.5 Å². The fraction of sp³-hybridized carbons (Fsp3) is 0.444. The van der Waals surface area contributed by atoms with Crippen molar-refractivity contribution < 1.29 is 14.3 Å². The number of rotatable bonds is 4. The van der Waals surface area contributed by atoms with Crippen LogP contribution in [0.5, 0.6) is 5.75 Å². The molecule has 0 fully saturated rings. The number of nitrogens with one attached hydrogen (secondary N) is 1. The first-order valence-electron chi connectivity index (χ1n) is 12.4. The molecule has 0 spiro atoms. The highest BCUT2D eigenvalue weighted by Crippen LogP contribution is 2.32. The van der Waals surface area contributed by atoms with E-state index in [9.17, 15) is 9.59 Å². The molecule has 3 aromatic rings. The Balaban J connectivity index is 1.40. The van der Waals surface area contributed by atoms with E-state index in [1.165, 1.54) is 0 Å². The molecule has 2 aromatic heterocycles. The maximum atomic E-state index is 13.3. The van der Waals surface area contributed by atoms with Gasteiger partial charge in [0.05, 0.1) is 12.7 Å². The van der Waals surface area contributed by atoms with Crippen molar-refractivity contribution in [2.75, 3.05) is 19.0 Å². The molecule has 0 saturated heterocycles. The summed E-state index contributed by atoms with van der Waals surface area (Å²) in [7, 11) is 1.56. The van der Waals surface area contributed by atoms with E-state index in [-0.39, 0.29) is 11.8 Å². The molecule has 2 aliphatic heterocycles. The molecule has 188 valence electrons. The second-order valence-electron chi connectivity index (χ2n) is 10.6. The quantitative estimate of drug-likeness (QED) is 0.595. The second-order valence-corrected chi connectivity index (χ2v) is 10.6. The Morgan fingerprint density at radius 3 is 2.67 bits per heavy atom. The maximum Gasteiger partial charge on any atom is 0.260 e. The third-order valence-electron chi connectivity index (χ3n) is 6.92. The zero-order chi connectivity index (χ0) is 25.6. The predicted molar refractivity (Wildman–Crippen MR) is 136 cm³/mol. The number of pyridine rings is 1. The molecular formula is C27H32N6O3. The standard InChI is InChI=1S/C27H32N6O3/c1-16-9-10-23-30-31-24(33(16)23)20-7-6-8-22(28-20)29-25(34)19-13-18-15-32(26(35)27(2,3)4)12-11-17(18)14-21(19)36-5/h6-8,13-14,16H,9-12,15H2,1-5H3,(H,28,29,34)/t16-/m1/s1. The van der Waals surface area contributed by atoms with E-state index in [4.69, 9.17) is 4.74 Å². The smallest absolute Gasteiger partial charge is 0.260 e. The predicted octanol–water partition coefficient (Wildman–Crippen LogP) is 4.04. The third kappa shape index (κ3) is 4.34. The number of hydrogen-bond donors (Lipinski definition) is 1. The van der Waals surface area contributed by atoms with Crippen LogP contribution >= 0.6 is 0 Å². The molecule has 0 saturated carbocycles. The summed E-state index contributed by atoms with van der Waals surface area (Å²) >= 11 is 0. The third-order valence-corrected chi connectivity index (χ3v) is 6.92. The van der Waals surface area contributed by atoms with Crippen molar-refractivity contribution in [1.82, 2.24) is 24.6 Å². The number of benzene rings is 1. The van der Waals surface area contributed by atoms with E-state index >= 15 is 0 Å². The molecule has 4 heterocycles. The minimum Gasteiger partial charge on any atom is -0.496 e. The zero-order valence-electron chi connectivity index (χ0n) is 21.5. The van der Waals surface area contributed by atoms with Crippen LogP contribution in [0, 0.1) is 5.41 Å². The first kappa shape index (κ1) is 24.0. The Kier molecular flexibility index (Phi) is 6.02. The van der Waals surface area contributed by atoms with E-state index in [1.54, 1.807) is 13.2 Å². The number of aryl methyl sites for hydroxylation is 1. The van der Waals surface area contributed by atoms with E-state index in [2.05, 4.69) is 32.0 Å². The summed E-state index contributed by atoms with van der Waals surface area (Å²) in [6.07, 6.45) is 2.66. The summed E-state index contributed by atoms with van der Waals surface area (Å²) in [5.41, 5.74) is 2.67. The summed E-state index contributed by atoms with van der Waals surface area (Å²) in [5.74, 6) is 2.38. The second kappa shape index (κ2) is 9.04. The van der Waals surface area contributed by atoms with Gasteiger partial charge in [-0.3, -0.25) is 9.59 Å². The monoisotopic (exact) mass is 488 g/mol. The number of methoxy groups -OCH3 is 1. The van der Waals surface area contributed by atoms with E-state index in [0.29, 0.717) is 47.8 Å². The SMILES string of the molecule is COc1cc2c(cc1C(=O)Nc1cccc(-c3nnc4n3[C@H](C)CC4)n1)CN(C(=O)C(C)(C)C)CC2. The lowest BCUT2D eigenvalue weighted by Crippen LogP contribution is -2.42. The fourth-order valence-electron chi connectivity index (χ4n) is 4.99. The topological polar surface area (TPSA) is 102 Å². The van der Waals surface area contributed by atoms with Gasteiger partial charge in [0.1, 0.15) is 23.1 Å². The molecule has 2 aliphatic rings. The van der Waals surface area contributed by atoms with Gasteiger partial charge in [-0.15, -0.1) is 10.2 Å². The van der Waals surface area contributed by atoms with Crippen molar-refractivity contribution in [3.8, 4) is 17.3 Å². The number of fused-ring (bicyclic) bond motifs is 2. The van der Waals surface area contributed by atoms with Crippen molar-refractivity contribution in [3.05, 3.63) is 52.8 Å². The first-order valence-corrected chi connectivity index (χ1v) is 12.4. The van der Waals surface area contributed by atoms with Gasteiger partial charge in [0.15, 0.2) is 5.82 Å². The van der Waals surface area contributed by atoms with Gasteiger partial charge in [-0.1, -0.05) is 26.8 Å². The number of ether oxygens (including phenoxy) is 1. The van der Waals surface area contributed by atoms with Crippen molar-refractivity contribution >= 4 is 17.6 Å². The summed E-state index contributed by atoms with van der Waals surface area (Å²) in [5, 5.41) is 11.5. The molecule has 9 nitrogen and oxygen atoms in total. The molecule has 0 unspecified atom stereocenters. The summed E-state index contributed by atoms with van der Waals surface area (Å²) in [6, 6.07) is 9.53. The van der Waals surface area contributed by atoms with Crippen LogP contribution < -0.4 is 10.1 Å². The number of aromatic nitrogens is 4. The van der Waals surface area contributed by atoms with Crippen LogP contribution in [0.1, 0.15) is 67.5 Å². The minimum atomic E-state index is -0.455. The van der Waals surface area contributed by atoms with Gasteiger partial charge in [0.2, 0.25) is 5.91 Å². The fourth-order valence-corrected chi connectivity index (χ4v) is 4.99. The van der Waals surface area contributed by atoms with Gasteiger partial charge in [-0.2, -0.15) is 0 Å². The normalized spacial score (nSPS) is 16.9. The Hall–Kier alpha value is -3.75. The molecule has 9 heteroatoms. The molecular weight excluding hydrogens is 456 g/mol. The van der Waals surface area contributed by atoms with Crippen LogP contribution in [0.15, 0.2) is 30.3 Å². The highest BCUT2D eigenvalue weighted by atomic mass is 16.5. The van der Waals surface area contributed by atoms with Crippen LogP contribution in [-0.4, -0.2) is 50.1 Å². The zero-order valence-corrected chi connectivity index (χ0v) is 21.5. The number of carbonyl (C=O) groups excluding carboxylic acids is 2. The van der Waals surface area contributed by atoms with Crippen molar-refractivity contribution in [1.29, 1.82) is 0 Å². The number of anilines is 1. The average Bonchev–Trinajstić information content (AvgIpc) is 3.44. The summed E-state index contributed by atoms with van der Waals surface area (Å²) in [4.78, 5) is 32.7. The Labute approximate surface area is 210 Å². The van der Waals surface area contributed by atoms with E-state index in [1.807, 2.05) is 49.9 Å². The Morgan fingerprint density at radius 1 is 1.11 bits per heavy atom. The molecule has 0 aliphatic carbocycles. The molecule has 0 radical (unpaired) electrons. The van der Waals surface area contributed by atoms with Gasteiger partial charge in [0.25, 0.3) is 5.91 Å². The molecule has 1 atom stereocenters. The highest BCUT2D eigenvalue weighted by molar-refractivity contribution is 6.06. The Bertz CT molecular complexity index is 1340. The number of carbonyl (C=O) groups is 2. The largest absolute Gasteiger partial charge is 0.496 e. The van der Waals surface area contributed by atoms with Crippen molar-refractivity contribution in [2.45, 2.75) is 59.5 Å². The minimum absolute atomic E-state index is 0.102. The van der Waals surface area contributed by atoms with Gasteiger partial charge in [-0.05, 0) is 55.2 Å². The van der Waals surface area contributed by atoms with Gasteiger partial charge in [0, 0.05) is 31.0 Å². The molecule has 1 aromatic carbocycles. The highest BCUT2D eigenvalue weighted by Gasteiger charge is 2.31. The summed E-state index contributed by atoms with van der Waals surface area (Å²) < 4.78 is 7.68. The van der Waals surface area contributed by atoms with Crippen LogP contribution in [0.3, 0.4) is 0 Å². The lowest BCUT2D eigenvalue weighted by molar-refractivity contribution is -0.140. The van der Waals surface area contributed by atoms with Crippen molar-refractivity contribution in [2.24, 2.45) is 5.41 Å². The number of hydrogen-bond acceptors (Lipinski definition) is 6. The lowest BCUT2D eigenvalue weighted by Gasteiger charge is -2.34. The molecule has 0 bridgehead atoms. The molecule has 5 rings (SSSR count). The van der Waals surface area contributed by atoms with Crippen LogP contribution in [-0.2, 0) is 24.2 Å². The van der Waals surface area contributed by atoms with E-state index < -0.39 is 5.41 Å². The summed E-state index contributed by atoms with van der Waals surface area (Å²) in [6.45, 7) is 9.04. The maximum absolute atomic E-state index is 13.3. The first-order chi connectivity index (χ1) is 17.2. The van der Waals surface area contributed by atoms with E-state index in [0.717, 1.165) is 36.2 Å². The Morgan fingerprint density at radius 2 is 1.92 bits per heavy atom. The van der Waals surface area contributed by atoms with Crippen LogP contribution in [0.2, 0.25) is 0 Å².